The van der Waals surface area contributed by atoms with Crippen molar-refractivity contribution in [2.75, 3.05) is 34.4 Å². The number of benzene rings is 1. The Kier molecular flexibility index (Phi) is 8.88. The van der Waals surface area contributed by atoms with Crippen LogP contribution in [-0.2, 0) is 16.1 Å². The minimum Gasteiger partial charge on any atom is -0.497 e. The topological polar surface area (TPSA) is 63.2 Å². The first kappa shape index (κ1) is 20.5. The Hall–Kier alpha value is -1.51. The van der Waals surface area contributed by atoms with Crippen LogP contribution in [0.15, 0.2) is 29.3 Å². The molecule has 0 radical (unpaired) electrons. The quantitative estimate of drug-likeness (QED) is 0.332. The molecule has 0 unspecified atom stereocenters. The first-order chi connectivity index (χ1) is 11.2. The Morgan fingerprint density at radius 3 is 2.38 bits per heavy atom. The molecule has 7 heteroatoms. The average Bonchev–Trinajstić information content (AvgIpc) is 2.62. The van der Waals surface area contributed by atoms with Crippen LogP contribution in [0.5, 0.6) is 5.75 Å². The van der Waals surface area contributed by atoms with E-state index in [1.165, 1.54) is 7.11 Å². The molecule has 2 rings (SSSR count). The van der Waals surface area contributed by atoms with Crippen LogP contribution in [0, 0.1) is 5.92 Å². The summed E-state index contributed by atoms with van der Waals surface area (Å²) in [4.78, 5) is 18.1. The average molecular weight is 447 g/mol. The highest BCUT2D eigenvalue weighted by atomic mass is 127. The molecule has 1 saturated heterocycles. The van der Waals surface area contributed by atoms with Gasteiger partial charge in [-0.25, -0.2) is 0 Å². The van der Waals surface area contributed by atoms with Gasteiger partial charge >= 0.3 is 5.97 Å². The maximum atomic E-state index is 11.6. The van der Waals surface area contributed by atoms with Crippen LogP contribution in [0.2, 0.25) is 0 Å². The molecule has 1 heterocycles. The number of likely N-dealkylation sites (tertiary alicyclic amines) is 1. The van der Waals surface area contributed by atoms with Gasteiger partial charge in [0.2, 0.25) is 0 Å². The van der Waals surface area contributed by atoms with Crippen molar-refractivity contribution in [1.82, 2.24) is 10.2 Å². The SMILES string of the molecule is CN=C(NCc1ccc(OC)cc1)N1CCC(C(=O)OC)CC1.I. The molecular formula is C17H26IN3O3. The zero-order valence-corrected chi connectivity index (χ0v) is 16.8. The molecule has 0 saturated carbocycles. The number of ether oxygens (including phenoxy) is 2. The highest BCUT2D eigenvalue weighted by molar-refractivity contribution is 14.0. The number of guanidine groups is 1. The summed E-state index contributed by atoms with van der Waals surface area (Å²) < 4.78 is 9.98. The number of carbonyl (C=O) groups is 1. The number of nitrogens with zero attached hydrogens (tertiary/aromatic N) is 2. The third kappa shape index (κ3) is 5.54. The van der Waals surface area contributed by atoms with Crippen molar-refractivity contribution < 1.29 is 14.3 Å². The molecule has 1 aromatic rings. The van der Waals surface area contributed by atoms with E-state index in [9.17, 15) is 4.79 Å². The summed E-state index contributed by atoms with van der Waals surface area (Å²) in [5, 5.41) is 3.37. The Balaban J connectivity index is 0.00000288. The van der Waals surface area contributed by atoms with E-state index in [0.717, 1.165) is 43.2 Å². The van der Waals surface area contributed by atoms with Crippen molar-refractivity contribution in [3.05, 3.63) is 29.8 Å². The van der Waals surface area contributed by atoms with Crippen LogP contribution < -0.4 is 10.1 Å². The molecule has 6 nitrogen and oxygen atoms in total. The number of hydrogen-bond acceptors (Lipinski definition) is 4. The predicted molar refractivity (Wildman–Crippen MR) is 105 cm³/mol. The van der Waals surface area contributed by atoms with Gasteiger partial charge in [0.05, 0.1) is 20.1 Å². The van der Waals surface area contributed by atoms with Gasteiger partial charge < -0.3 is 19.7 Å². The van der Waals surface area contributed by atoms with Gasteiger partial charge in [-0.1, -0.05) is 12.1 Å². The molecule has 0 atom stereocenters. The summed E-state index contributed by atoms with van der Waals surface area (Å²) in [6.45, 7) is 2.32. The molecule has 0 amide bonds. The number of aliphatic imine (C=N–C) groups is 1. The zero-order chi connectivity index (χ0) is 16.7. The van der Waals surface area contributed by atoms with Gasteiger partial charge in [0.25, 0.3) is 0 Å². The number of hydrogen-bond donors (Lipinski definition) is 1. The summed E-state index contributed by atoms with van der Waals surface area (Å²) in [5.41, 5.74) is 1.16. The number of rotatable bonds is 4. The smallest absolute Gasteiger partial charge is 0.308 e. The fourth-order valence-corrected chi connectivity index (χ4v) is 2.75. The predicted octanol–water partition coefficient (Wildman–Crippen LogP) is 2.27. The summed E-state index contributed by atoms with van der Waals surface area (Å²) in [6.07, 6.45) is 1.60. The molecule has 0 aromatic heterocycles. The number of halogens is 1. The highest BCUT2D eigenvalue weighted by Crippen LogP contribution is 2.18. The molecule has 134 valence electrons. The lowest BCUT2D eigenvalue weighted by Gasteiger charge is -2.33. The number of methoxy groups -OCH3 is 2. The van der Waals surface area contributed by atoms with Crippen LogP contribution in [0.4, 0.5) is 0 Å². The molecule has 0 aliphatic carbocycles. The lowest BCUT2D eigenvalue weighted by Crippen LogP contribution is -2.46. The molecule has 1 aliphatic rings. The Morgan fingerprint density at radius 1 is 1.25 bits per heavy atom. The normalized spacial score (nSPS) is 15.5. The second-order valence-corrected chi connectivity index (χ2v) is 5.53. The minimum absolute atomic E-state index is 0. The van der Waals surface area contributed by atoms with E-state index >= 15 is 0 Å². The first-order valence-corrected chi connectivity index (χ1v) is 7.84. The molecule has 1 fully saturated rings. The standard InChI is InChI=1S/C17H25N3O3.HI/c1-18-17(19-12-13-4-6-15(22-2)7-5-13)20-10-8-14(9-11-20)16(21)23-3;/h4-7,14H,8-12H2,1-3H3,(H,18,19);1H. The number of piperidine rings is 1. The number of esters is 1. The van der Waals surface area contributed by atoms with E-state index < -0.39 is 0 Å². The van der Waals surface area contributed by atoms with Crippen LogP contribution >= 0.6 is 24.0 Å². The first-order valence-electron chi connectivity index (χ1n) is 7.84. The number of nitrogens with one attached hydrogen (secondary N) is 1. The summed E-state index contributed by atoms with van der Waals surface area (Å²) in [7, 11) is 4.89. The van der Waals surface area contributed by atoms with Crippen molar-refractivity contribution >= 4 is 35.9 Å². The maximum absolute atomic E-state index is 11.6. The van der Waals surface area contributed by atoms with Crippen molar-refractivity contribution in [1.29, 1.82) is 0 Å². The summed E-state index contributed by atoms with van der Waals surface area (Å²) in [5.74, 6) is 1.62. The van der Waals surface area contributed by atoms with Gasteiger partial charge in [-0.2, -0.15) is 0 Å². The molecule has 1 aromatic carbocycles. The third-order valence-corrected chi connectivity index (χ3v) is 4.15. The van der Waals surface area contributed by atoms with Gasteiger partial charge in [-0.05, 0) is 30.5 Å². The molecule has 0 spiro atoms. The highest BCUT2D eigenvalue weighted by Gasteiger charge is 2.26. The number of carbonyl (C=O) groups excluding carboxylic acids is 1. The Labute approximate surface area is 160 Å². The van der Waals surface area contributed by atoms with E-state index in [0.29, 0.717) is 6.54 Å². The minimum atomic E-state index is -0.106. The monoisotopic (exact) mass is 447 g/mol. The lowest BCUT2D eigenvalue weighted by atomic mass is 9.97. The van der Waals surface area contributed by atoms with Gasteiger partial charge in [0.1, 0.15) is 5.75 Å². The zero-order valence-electron chi connectivity index (χ0n) is 14.4. The lowest BCUT2D eigenvalue weighted by molar-refractivity contribution is -0.146. The Morgan fingerprint density at radius 2 is 1.88 bits per heavy atom. The second-order valence-electron chi connectivity index (χ2n) is 5.53. The van der Waals surface area contributed by atoms with Gasteiger partial charge in [-0.3, -0.25) is 9.79 Å². The van der Waals surface area contributed by atoms with Crippen molar-refractivity contribution in [3.63, 3.8) is 0 Å². The molecule has 1 aliphatic heterocycles. The maximum Gasteiger partial charge on any atom is 0.308 e. The van der Waals surface area contributed by atoms with E-state index in [1.54, 1.807) is 14.2 Å². The summed E-state index contributed by atoms with van der Waals surface area (Å²) >= 11 is 0. The second kappa shape index (κ2) is 10.4. The van der Waals surface area contributed by atoms with Crippen LogP contribution in [0.3, 0.4) is 0 Å². The van der Waals surface area contributed by atoms with Crippen LogP contribution in [-0.4, -0.2) is 51.2 Å². The van der Waals surface area contributed by atoms with Gasteiger partial charge in [0, 0.05) is 26.7 Å². The van der Waals surface area contributed by atoms with E-state index in [1.807, 2.05) is 24.3 Å². The molecular weight excluding hydrogens is 421 g/mol. The van der Waals surface area contributed by atoms with E-state index in [-0.39, 0.29) is 35.9 Å². The largest absolute Gasteiger partial charge is 0.497 e. The summed E-state index contributed by atoms with van der Waals surface area (Å²) in [6, 6.07) is 7.95. The molecule has 24 heavy (non-hydrogen) atoms. The van der Waals surface area contributed by atoms with Crippen molar-refractivity contribution in [3.8, 4) is 5.75 Å². The Bertz CT molecular complexity index is 541. The van der Waals surface area contributed by atoms with E-state index in [2.05, 4.69) is 15.2 Å². The third-order valence-electron chi connectivity index (χ3n) is 4.15. The molecule has 0 bridgehead atoms. The van der Waals surface area contributed by atoms with Crippen molar-refractivity contribution in [2.45, 2.75) is 19.4 Å². The van der Waals surface area contributed by atoms with Gasteiger partial charge in [0.15, 0.2) is 5.96 Å². The van der Waals surface area contributed by atoms with Crippen molar-refractivity contribution in [2.24, 2.45) is 10.9 Å². The fourth-order valence-electron chi connectivity index (χ4n) is 2.75. The van der Waals surface area contributed by atoms with Gasteiger partial charge in [-0.15, -0.1) is 24.0 Å². The fraction of sp³-hybridized carbons (Fsp3) is 0.529. The van der Waals surface area contributed by atoms with Crippen LogP contribution in [0.25, 0.3) is 0 Å². The van der Waals surface area contributed by atoms with E-state index in [4.69, 9.17) is 9.47 Å². The molecule has 1 N–H and O–H groups in total. The van der Waals surface area contributed by atoms with Crippen LogP contribution in [0.1, 0.15) is 18.4 Å².